The number of fused-ring (bicyclic) bond motifs is 1. The average Bonchev–Trinajstić information content (AvgIpc) is 2.79. The van der Waals surface area contributed by atoms with Crippen LogP contribution < -0.4 is 4.74 Å². The predicted molar refractivity (Wildman–Crippen MR) is 65.0 cm³/mol. The Labute approximate surface area is 105 Å². The van der Waals surface area contributed by atoms with Gasteiger partial charge in [0.2, 0.25) is 5.88 Å². The summed E-state index contributed by atoms with van der Waals surface area (Å²) in [4.78, 5) is 0. The quantitative estimate of drug-likeness (QED) is 0.728. The van der Waals surface area contributed by atoms with Crippen LogP contribution in [0.2, 0.25) is 0 Å². The topological polar surface area (TPSA) is 52.3 Å². The molecule has 0 amide bonds. The maximum Gasteiger partial charge on any atom is 0.237 e. The van der Waals surface area contributed by atoms with Crippen molar-refractivity contribution in [1.29, 1.82) is 0 Å². The number of hydrogen-bond acceptors (Lipinski definition) is 4. The molecule has 0 fully saturated rings. The molecule has 2 aromatic heterocycles. The zero-order chi connectivity index (χ0) is 11.7. The second-order valence-corrected chi connectivity index (χ2v) is 4.19. The Hall–Kier alpha value is -1.95. The third kappa shape index (κ3) is 1.99. The van der Waals surface area contributed by atoms with Gasteiger partial charge in [-0.25, -0.2) is 0 Å². The molecule has 1 aromatic carbocycles. The fourth-order valence-corrected chi connectivity index (χ4v) is 1.77. The van der Waals surface area contributed by atoms with E-state index in [1.807, 2.05) is 24.3 Å². The van der Waals surface area contributed by atoms with Crippen LogP contribution in [0.5, 0.6) is 11.6 Å². The summed E-state index contributed by atoms with van der Waals surface area (Å²) in [5.74, 6) is 1.21. The highest BCUT2D eigenvalue weighted by atomic mass is 79.9. The zero-order valence-electron chi connectivity index (χ0n) is 8.62. The molecule has 0 aliphatic carbocycles. The highest BCUT2D eigenvalue weighted by Gasteiger charge is 2.04. The molecule has 6 heteroatoms. The van der Waals surface area contributed by atoms with Crippen LogP contribution in [0.3, 0.4) is 0 Å². The third-order valence-electron chi connectivity index (χ3n) is 2.19. The van der Waals surface area contributed by atoms with Gasteiger partial charge in [-0.1, -0.05) is 12.1 Å². The van der Waals surface area contributed by atoms with E-state index in [0.717, 1.165) is 4.47 Å². The smallest absolute Gasteiger partial charge is 0.237 e. The highest BCUT2D eigenvalue weighted by Crippen LogP contribution is 2.27. The molecule has 0 radical (unpaired) electrons. The molecular weight excluding hydrogens is 284 g/mol. The Balaban J connectivity index is 1.97. The molecule has 0 aliphatic heterocycles. The van der Waals surface area contributed by atoms with E-state index in [4.69, 9.17) is 4.74 Å². The molecule has 0 spiro atoms. The molecule has 84 valence electrons. The molecule has 0 unspecified atom stereocenters. The normalized spacial score (nSPS) is 10.6. The maximum atomic E-state index is 5.65. The van der Waals surface area contributed by atoms with Crippen LogP contribution in [0.4, 0.5) is 0 Å². The summed E-state index contributed by atoms with van der Waals surface area (Å²) in [6.07, 6.45) is 1.53. The Bertz CT molecular complexity index is 667. The van der Waals surface area contributed by atoms with Crippen molar-refractivity contribution in [2.24, 2.45) is 0 Å². The lowest BCUT2D eigenvalue weighted by molar-refractivity contribution is 0.450. The van der Waals surface area contributed by atoms with Gasteiger partial charge >= 0.3 is 0 Å². The third-order valence-corrected chi connectivity index (χ3v) is 2.84. The molecule has 0 N–H and O–H groups in total. The molecule has 3 rings (SSSR count). The standard InChI is InChI=1S/C11H7BrN4O/c12-8-3-1-2-4-9(8)17-11-6-5-10-14-13-7-16(10)15-11/h1-7H. The molecule has 0 atom stereocenters. The summed E-state index contributed by atoms with van der Waals surface area (Å²) < 4.78 is 8.09. The van der Waals surface area contributed by atoms with Crippen LogP contribution in [0.1, 0.15) is 0 Å². The number of ether oxygens (including phenoxy) is 1. The largest absolute Gasteiger partial charge is 0.436 e. The van der Waals surface area contributed by atoms with Gasteiger partial charge in [-0.15, -0.1) is 15.3 Å². The summed E-state index contributed by atoms with van der Waals surface area (Å²) >= 11 is 3.41. The van der Waals surface area contributed by atoms with Crippen LogP contribution >= 0.6 is 15.9 Å². The van der Waals surface area contributed by atoms with Crippen molar-refractivity contribution in [3.05, 3.63) is 47.2 Å². The number of rotatable bonds is 2. The van der Waals surface area contributed by atoms with Gasteiger partial charge in [0.1, 0.15) is 12.1 Å². The first-order chi connectivity index (χ1) is 8.33. The first kappa shape index (κ1) is 10.2. The molecule has 0 saturated heterocycles. The van der Waals surface area contributed by atoms with Crippen molar-refractivity contribution in [2.45, 2.75) is 0 Å². The predicted octanol–water partition coefficient (Wildman–Crippen LogP) is 2.68. The van der Waals surface area contributed by atoms with Gasteiger partial charge in [0.15, 0.2) is 5.65 Å². The molecule has 0 bridgehead atoms. The molecule has 17 heavy (non-hydrogen) atoms. The molecule has 2 heterocycles. The van der Waals surface area contributed by atoms with Gasteiger partial charge in [-0.3, -0.25) is 0 Å². The van der Waals surface area contributed by atoms with Gasteiger partial charge in [0, 0.05) is 6.07 Å². The monoisotopic (exact) mass is 290 g/mol. The van der Waals surface area contributed by atoms with Crippen molar-refractivity contribution in [3.63, 3.8) is 0 Å². The number of halogens is 1. The molecule has 5 nitrogen and oxygen atoms in total. The summed E-state index contributed by atoms with van der Waals surface area (Å²) in [6.45, 7) is 0. The SMILES string of the molecule is Brc1ccccc1Oc1ccc2nncn2n1. The first-order valence-electron chi connectivity index (χ1n) is 4.92. The van der Waals surface area contributed by atoms with Crippen molar-refractivity contribution < 1.29 is 4.74 Å². The second kappa shape index (κ2) is 4.14. The van der Waals surface area contributed by atoms with E-state index < -0.39 is 0 Å². The average molecular weight is 291 g/mol. The molecule has 3 aromatic rings. The van der Waals surface area contributed by atoms with Crippen molar-refractivity contribution in [2.75, 3.05) is 0 Å². The summed E-state index contributed by atoms with van der Waals surface area (Å²) in [7, 11) is 0. The van der Waals surface area contributed by atoms with E-state index in [1.54, 1.807) is 16.6 Å². The summed E-state index contributed by atoms with van der Waals surface area (Å²) in [5, 5.41) is 11.8. The lowest BCUT2D eigenvalue weighted by Crippen LogP contribution is -1.94. The van der Waals surface area contributed by atoms with E-state index in [-0.39, 0.29) is 0 Å². The van der Waals surface area contributed by atoms with E-state index in [2.05, 4.69) is 31.2 Å². The minimum atomic E-state index is 0.490. The lowest BCUT2D eigenvalue weighted by Gasteiger charge is -2.05. The van der Waals surface area contributed by atoms with Crippen molar-refractivity contribution in [1.82, 2.24) is 19.8 Å². The molecular formula is C11H7BrN4O. The van der Waals surface area contributed by atoms with Crippen LogP contribution in [-0.2, 0) is 0 Å². The zero-order valence-corrected chi connectivity index (χ0v) is 10.2. The van der Waals surface area contributed by atoms with E-state index in [0.29, 0.717) is 17.3 Å². The Morgan fingerprint density at radius 3 is 2.88 bits per heavy atom. The van der Waals surface area contributed by atoms with Crippen molar-refractivity contribution >= 4 is 21.6 Å². The Morgan fingerprint density at radius 2 is 2.00 bits per heavy atom. The van der Waals surface area contributed by atoms with Crippen LogP contribution in [0, 0.1) is 0 Å². The number of benzene rings is 1. The minimum Gasteiger partial charge on any atom is -0.436 e. The summed E-state index contributed by atoms with van der Waals surface area (Å²) in [6, 6.07) is 11.1. The number of para-hydroxylation sites is 1. The Morgan fingerprint density at radius 1 is 1.12 bits per heavy atom. The maximum absolute atomic E-state index is 5.65. The minimum absolute atomic E-state index is 0.490. The summed E-state index contributed by atoms with van der Waals surface area (Å²) in [5.41, 5.74) is 0.685. The van der Waals surface area contributed by atoms with Gasteiger partial charge < -0.3 is 4.74 Å². The van der Waals surface area contributed by atoms with Gasteiger partial charge in [0.05, 0.1) is 4.47 Å². The molecule has 0 saturated carbocycles. The lowest BCUT2D eigenvalue weighted by atomic mass is 10.3. The van der Waals surface area contributed by atoms with Crippen molar-refractivity contribution in [3.8, 4) is 11.6 Å². The first-order valence-corrected chi connectivity index (χ1v) is 5.72. The number of nitrogens with zero attached hydrogens (tertiary/aromatic N) is 4. The highest BCUT2D eigenvalue weighted by molar-refractivity contribution is 9.10. The fraction of sp³-hybridized carbons (Fsp3) is 0. The van der Waals surface area contributed by atoms with Gasteiger partial charge in [-0.05, 0) is 34.1 Å². The number of aromatic nitrogens is 4. The van der Waals surface area contributed by atoms with E-state index in [1.165, 1.54) is 6.33 Å². The van der Waals surface area contributed by atoms with E-state index in [9.17, 15) is 0 Å². The van der Waals surface area contributed by atoms with Crippen LogP contribution in [0.15, 0.2) is 47.2 Å². The van der Waals surface area contributed by atoms with E-state index >= 15 is 0 Å². The molecule has 0 aliphatic rings. The van der Waals surface area contributed by atoms with Gasteiger partial charge in [0.25, 0.3) is 0 Å². The van der Waals surface area contributed by atoms with Crippen LogP contribution in [-0.4, -0.2) is 19.8 Å². The van der Waals surface area contributed by atoms with Crippen LogP contribution in [0.25, 0.3) is 5.65 Å². The fourth-order valence-electron chi connectivity index (χ4n) is 1.41. The Kier molecular flexibility index (Phi) is 2.49. The second-order valence-electron chi connectivity index (χ2n) is 3.34. The van der Waals surface area contributed by atoms with Gasteiger partial charge in [-0.2, -0.15) is 4.52 Å². The number of hydrogen-bond donors (Lipinski definition) is 0.